The molecule has 3 aromatic rings. The van der Waals surface area contributed by atoms with E-state index in [1.807, 2.05) is 0 Å². The molecule has 0 aliphatic heterocycles. The molecule has 0 saturated heterocycles. The lowest BCUT2D eigenvalue weighted by Crippen LogP contribution is -1.91. The molecule has 3 rings (SSSR count). The molecule has 2 heterocycles. The van der Waals surface area contributed by atoms with Crippen LogP contribution in [0.25, 0.3) is 16.2 Å². The number of hydrogen-bond acceptors (Lipinski definition) is 5. The first kappa shape index (κ1) is 11.3. The van der Waals surface area contributed by atoms with Gasteiger partial charge >= 0.3 is 0 Å². The zero-order valence-corrected chi connectivity index (χ0v) is 11.2. The van der Waals surface area contributed by atoms with Crippen LogP contribution in [-0.4, -0.2) is 19.5 Å². The SMILES string of the molecule is O=[N+]([O-])c1ccccc1-c1cn2nc(Br)sc2n1. The first-order valence-corrected chi connectivity index (χ1v) is 6.51. The molecular formula is C10H5BrN4O2S. The lowest BCUT2D eigenvalue weighted by Gasteiger charge is -1.97. The van der Waals surface area contributed by atoms with E-state index in [-0.39, 0.29) is 5.69 Å². The second-order valence-corrected chi connectivity index (χ2v) is 5.71. The van der Waals surface area contributed by atoms with Gasteiger partial charge in [0.05, 0.1) is 22.4 Å². The summed E-state index contributed by atoms with van der Waals surface area (Å²) in [7, 11) is 0. The van der Waals surface area contributed by atoms with E-state index in [0.717, 1.165) is 3.92 Å². The Kier molecular flexibility index (Phi) is 2.60. The average molecular weight is 325 g/mol. The number of para-hydroxylation sites is 1. The van der Waals surface area contributed by atoms with E-state index in [2.05, 4.69) is 26.0 Å². The topological polar surface area (TPSA) is 73.3 Å². The smallest absolute Gasteiger partial charge is 0.258 e. The van der Waals surface area contributed by atoms with Gasteiger partial charge in [-0.25, -0.2) is 9.50 Å². The van der Waals surface area contributed by atoms with Gasteiger partial charge in [0, 0.05) is 6.07 Å². The van der Waals surface area contributed by atoms with Crippen LogP contribution in [0.15, 0.2) is 34.4 Å². The third-order valence-electron chi connectivity index (χ3n) is 2.40. The van der Waals surface area contributed by atoms with E-state index in [4.69, 9.17) is 0 Å². The summed E-state index contributed by atoms with van der Waals surface area (Å²) in [6, 6.07) is 6.53. The summed E-state index contributed by atoms with van der Waals surface area (Å²) in [5, 5.41) is 15.1. The molecule has 0 saturated carbocycles. The van der Waals surface area contributed by atoms with Crippen molar-refractivity contribution in [2.24, 2.45) is 0 Å². The molecule has 90 valence electrons. The van der Waals surface area contributed by atoms with E-state index in [1.54, 1.807) is 28.9 Å². The van der Waals surface area contributed by atoms with Crippen LogP contribution in [0, 0.1) is 10.1 Å². The fraction of sp³-hybridized carbons (Fsp3) is 0. The van der Waals surface area contributed by atoms with Gasteiger partial charge in [-0.2, -0.15) is 0 Å². The first-order chi connectivity index (χ1) is 8.65. The second-order valence-electron chi connectivity index (χ2n) is 3.48. The Morgan fingerprint density at radius 3 is 2.89 bits per heavy atom. The molecule has 0 bridgehead atoms. The number of rotatable bonds is 2. The molecule has 0 amide bonds. The van der Waals surface area contributed by atoms with Crippen molar-refractivity contribution < 1.29 is 4.92 Å². The highest BCUT2D eigenvalue weighted by atomic mass is 79.9. The highest BCUT2D eigenvalue weighted by Gasteiger charge is 2.17. The van der Waals surface area contributed by atoms with E-state index in [0.29, 0.717) is 16.2 Å². The fourth-order valence-electron chi connectivity index (χ4n) is 1.66. The van der Waals surface area contributed by atoms with Gasteiger partial charge < -0.3 is 0 Å². The van der Waals surface area contributed by atoms with Crippen molar-refractivity contribution in [1.29, 1.82) is 0 Å². The van der Waals surface area contributed by atoms with Gasteiger partial charge in [-0.1, -0.05) is 23.5 Å². The van der Waals surface area contributed by atoms with Crippen LogP contribution in [0.3, 0.4) is 0 Å². The first-order valence-electron chi connectivity index (χ1n) is 4.90. The van der Waals surface area contributed by atoms with Crippen molar-refractivity contribution in [3.63, 3.8) is 0 Å². The van der Waals surface area contributed by atoms with Crippen LogP contribution in [0.2, 0.25) is 0 Å². The Morgan fingerprint density at radius 1 is 1.39 bits per heavy atom. The molecule has 2 aromatic heterocycles. The monoisotopic (exact) mass is 324 g/mol. The number of benzene rings is 1. The number of fused-ring (bicyclic) bond motifs is 1. The maximum Gasteiger partial charge on any atom is 0.278 e. The van der Waals surface area contributed by atoms with Crippen molar-refractivity contribution >= 4 is 37.9 Å². The van der Waals surface area contributed by atoms with Crippen LogP contribution < -0.4 is 0 Å². The maximum atomic E-state index is 11.0. The van der Waals surface area contributed by atoms with Crippen LogP contribution >= 0.6 is 27.3 Å². The number of nitrogens with zero attached hydrogens (tertiary/aromatic N) is 4. The second kappa shape index (κ2) is 4.14. The van der Waals surface area contributed by atoms with Crippen molar-refractivity contribution in [2.45, 2.75) is 0 Å². The Labute approximate surface area is 113 Å². The quantitative estimate of drug-likeness (QED) is 0.536. The van der Waals surface area contributed by atoms with E-state index in [1.165, 1.54) is 17.4 Å². The highest BCUT2D eigenvalue weighted by Crippen LogP contribution is 2.30. The summed E-state index contributed by atoms with van der Waals surface area (Å²) in [6.07, 6.45) is 1.68. The van der Waals surface area contributed by atoms with Crippen molar-refractivity contribution in [1.82, 2.24) is 14.6 Å². The average Bonchev–Trinajstić information content (AvgIpc) is 2.85. The van der Waals surface area contributed by atoms with Crippen LogP contribution in [-0.2, 0) is 0 Å². The lowest BCUT2D eigenvalue weighted by atomic mass is 10.1. The normalized spacial score (nSPS) is 10.9. The molecule has 8 heteroatoms. The number of hydrogen-bond donors (Lipinski definition) is 0. The number of imidazole rings is 1. The van der Waals surface area contributed by atoms with E-state index >= 15 is 0 Å². The highest BCUT2D eigenvalue weighted by molar-refractivity contribution is 9.11. The van der Waals surface area contributed by atoms with Crippen molar-refractivity contribution in [3.05, 3.63) is 44.5 Å². The minimum absolute atomic E-state index is 0.0438. The molecule has 0 spiro atoms. The zero-order valence-electron chi connectivity index (χ0n) is 8.78. The number of halogens is 1. The summed E-state index contributed by atoms with van der Waals surface area (Å²) in [6.45, 7) is 0. The van der Waals surface area contributed by atoms with E-state index < -0.39 is 4.92 Å². The van der Waals surface area contributed by atoms with Crippen LogP contribution in [0.5, 0.6) is 0 Å². The predicted molar refractivity (Wildman–Crippen MR) is 70.7 cm³/mol. The number of aromatic nitrogens is 3. The van der Waals surface area contributed by atoms with Crippen LogP contribution in [0.1, 0.15) is 0 Å². The Bertz CT molecular complexity index is 720. The van der Waals surface area contributed by atoms with E-state index in [9.17, 15) is 10.1 Å². The number of nitro groups is 1. The molecule has 6 nitrogen and oxygen atoms in total. The lowest BCUT2D eigenvalue weighted by molar-refractivity contribution is -0.384. The summed E-state index contributed by atoms with van der Waals surface area (Å²) in [5.74, 6) is 0. The Balaban J connectivity index is 2.19. The minimum Gasteiger partial charge on any atom is -0.258 e. The molecule has 0 radical (unpaired) electrons. The van der Waals surface area contributed by atoms with Gasteiger partial charge in [0.15, 0.2) is 3.92 Å². The molecule has 18 heavy (non-hydrogen) atoms. The van der Waals surface area contributed by atoms with Gasteiger partial charge in [0.1, 0.15) is 0 Å². The van der Waals surface area contributed by atoms with Gasteiger partial charge in [0.2, 0.25) is 4.96 Å². The molecule has 0 unspecified atom stereocenters. The summed E-state index contributed by atoms with van der Waals surface area (Å²) in [4.78, 5) is 15.6. The largest absolute Gasteiger partial charge is 0.278 e. The molecular weight excluding hydrogens is 320 g/mol. The molecule has 0 aliphatic carbocycles. The molecule has 0 atom stereocenters. The summed E-state index contributed by atoms with van der Waals surface area (Å²) >= 11 is 4.63. The Morgan fingerprint density at radius 2 is 2.17 bits per heavy atom. The molecule has 1 aromatic carbocycles. The standard InChI is InChI=1S/C10H5BrN4O2S/c11-9-13-14-5-7(12-10(14)18-9)6-3-1-2-4-8(6)15(16)17/h1-5H. The third-order valence-corrected chi connectivity index (χ3v) is 3.75. The van der Waals surface area contributed by atoms with Crippen molar-refractivity contribution in [3.8, 4) is 11.3 Å². The maximum absolute atomic E-state index is 11.0. The number of nitro benzene ring substituents is 1. The molecule has 0 fully saturated rings. The zero-order chi connectivity index (χ0) is 12.7. The van der Waals surface area contributed by atoms with Gasteiger partial charge in [-0.15, -0.1) is 5.10 Å². The fourth-order valence-corrected chi connectivity index (χ4v) is 2.87. The van der Waals surface area contributed by atoms with Crippen molar-refractivity contribution in [2.75, 3.05) is 0 Å². The summed E-state index contributed by atoms with van der Waals surface area (Å²) in [5.41, 5.74) is 1.09. The molecule has 0 aliphatic rings. The minimum atomic E-state index is -0.411. The summed E-state index contributed by atoms with van der Waals surface area (Å²) < 4.78 is 2.32. The van der Waals surface area contributed by atoms with Gasteiger partial charge in [0.25, 0.3) is 5.69 Å². The predicted octanol–water partition coefficient (Wildman–Crippen LogP) is 3.13. The Hall–Kier alpha value is -1.80. The molecule has 0 N–H and O–H groups in total. The van der Waals surface area contributed by atoms with Crippen LogP contribution in [0.4, 0.5) is 5.69 Å². The van der Waals surface area contributed by atoms with Gasteiger partial charge in [-0.05, 0) is 22.0 Å². The third kappa shape index (κ3) is 1.79. The van der Waals surface area contributed by atoms with Gasteiger partial charge in [-0.3, -0.25) is 10.1 Å².